The molecular formula is C19H20N2O4. The fourth-order valence-electron chi connectivity index (χ4n) is 3.12. The van der Waals surface area contributed by atoms with Crippen molar-refractivity contribution in [3.8, 4) is 11.3 Å². The summed E-state index contributed by atoms with van der Waals surface area (Å²) in [5.74, 6) is -0.635. The number of nitrogens with zero attached hydrogens (tertiary/aromatic N) is 2. The van der Waals surface area contributed by atoms with Gasteiger partial charge in [0.1, 0.15) is 0 Å². The van der Waals surface area contributed by atoms with Crippen molar-refractivity contribution >= 4 is 18.0 Å². The highest BCUT2D eigenvalue weighted by molar-refractivity contribution is 5.90. The maximum atomic E-state index is 12.0. The van der Waals surface area contributed by atoms with Gasteiger partial charge in [0.05, 0.1) is 31.4 Å². The molecule has 3 rings (SSSR count). The molecule has 130 valence electrons. The molecule has 2 aromatic rings. The minimum absolute atomic E-state index is 0.199. The summed E-state index contributed by atoms with van der Waals surface area (Å²) in [4.78, 5) is 23.6. The number of rotatable bonds is 6. The average Bonchev–Trinajstić information content (AvgIpc) is 3.16. The van der Waals surface area contributed by atoms with E-state index in [0.717, 1.165) is 22.4 Å². The number of fused-ring (bicyclic) bond motifs is 3. The van der Waals surface area contributed by atoms with E-state index in [9.17, 15) is 9.59 Å². The molecule has 0 fully saturated rings. The quantitative estimate of drug-likeness (QED) is 0.597. The Labute approximate surface area is 146 Å². The van der Waals surface area contributed by atoms with Crippen molar-refractivity contribution in [2.75, 3.05) is 13.2 Å². The van der Waals surface area contributed by atoms with E-state index in [-0.39, 0.29) is 24.4 Å². The van der Waals surface area contributed by atoms with Crippen molar-refractivity contribution in [1.29, 1.82) is 0 Å². The predicted octanol–water partition coefficient (Wildman–Crippen LogP) is 2.98. The Hall–Kier alpha value is -2.89. The van der Waals surface area contributed by atoms with E-state index in [1.165, 1.54) is 6.08 Å². The van der Waals surface area contributed by atoms with Crippen molar-refractivity contribution in [3.63, 3.8) is 0 Å². The number of aromatic nitrogens is 2. The van der Waals surface area contributed by atoms with Crippen LogP contribution in [0, 0.1) is 0 Å². The second-order valence-corrected chi connectivity index (χ2v) is 5.58. The molecule has 0 aliphatic carbocycles. The molecule has 0 saturated carbocycles. The van der Waals surface area contributed by atoms with Gasteiger partial charge in [0.2, 0.25) is 0 Å². The van der Waals surface area contributed by atoms with E-state index in [2.05, 4.69) is 5.10 Å². The second kappa shape index (κ2) is 7.34. The summed E-state index contributed by atoms with van der Waals surface area (Å²) < 4.78 is 11.9. The first-order valence-electron chi connectivity index (χ1n) is 8.33. The molecule has 1 aromatic heterocycles. The Kier molecular flexibility index (Phi) is 4.97. The first kappa shape index (κ1) is 17.0. The molecule has 1 unspecified atom stereocenters. The maximum Gasteiger partial charge on any atom is 0.330 e. The molecule has 0 saturated heterocycles. The summed E-state index contributed by atoms with van der Waals surface area (Å²) in [5, 5.41) is 4.37. The highest BCUT2D eigenvalue weighted by Crippen LogP contribution is 2.42. The summed E-state index contributed by atoms with van der Waals surface area (Å²) in [7, 11) is 0. The van der Waals surface area contributed by atoms with Crippen LogP contribution in [0.15, 0.2) is 36.5 Å². The summed E-state index contributed by atoms with van der Waals surface area (Å²) in [5.41, 5.74) is 3.80. The highest BCUT2D eigenvalue weighted by atomic mass is 16.5. The molecule has 25 heavy (non-hydrogen) atoms. The van der Waals surface area contributed by atoms with Crippen LogP contribution in [0.2, 0.25) is 0 Å². The molecule has 6 heteroatoms. The van der Waals surface area contributed by atoms with Crippen LogP contribution in [0.25, 0.3) is 17.3 Å². The standard InChI is InChI=1S/C19H20N2O4/c1-3-24-17(22)9-8-13-6-5-7-14-16(12-18(23)25-4-2)21-15(19(13)14)10-11-20-21/h5-11,16H,3-4,12H2,1-2H3/b9-8+. The number of ether oxygens (including phenoxy) is 2. The number of carbonyl (C=O) groups is 2. The summed E-state index contributed by atoms with van der Waals surface area (Å²) >= 11 is 0. The minimum atomic E-state index is -0.380. The van der Waals surface area contributed by atoms with Gasteiger partial charge in [-0.3, -0.25) is 9.48 Å². The summed E-state index contributed by atoms with van der Waals surface area (Å²) in [6.07, 6.45) is 5.09. The van der Waals surface area contributed by atoms with Crippen LogP contribution in [-0.4, -0.2) is 34.9 Å². The van der Waals surface area contributed by atoms with Crippen molar-refractivity contribution < 1.29 is 19.1 Å². The molecule has 1 atom stereocenters. The van der Waals surface area contributed by atoms with Gasteiger partial charge in [-0.05, 0) is 37.1 Å². The lowest BCUT2D eigenvalue weighted by Gasteiger charge is -2.13. The third-order valence-electron chi connectivity index (χ3n) is 4.06. The van der Waals surface area contributed by atoms with Crippen molar-refractivity contribution in [2.24, 2.45) is 0 Å². The van der Waals surface area contributed by atoms with Gasteiger partial charge in [0, 0.05) is 17.8 Å². The second-order valence-electron chi connectivity index (χ2n) is 5.58. The Bertz CT molecular complexity index is 823. The molecule has 0 amide bonds. The van der Waals surface area contributed by atoms with Gasteiger partial charge in [-0.15, -0.1) is 0 Å². The Morgan fingerprint density at radius 1 is 1.20 bits per heavy atom. The molecule has 0 N–H and O–H groups in total. The van der Waals surface area contributed by atoms with Crippen molar-refractivity contribution in [2.45, 2.75) is 26.3 Å². The molecule has 1 aliphatic heterocycles. The minimum Gasteiger partial charge on any atom is -0.466 e. The van der Waals surface area contributed by atoms with Gasteiger partial charge >= 0.3 is 11.9 Å². The maximum absolute atomic E-state index is 12.0. The van der Waals surface area contributed by atoms with Crippen LogP contribution < -0.4 is 0 Å². The molecule has 6 nitrogen and oxygen atoms in total. The molecule has 2 heterocycles. The van der Waals surface area contributed by atoms with Crippen LogP contribution in [0.4, 0.5) is 0 Å². The molecule has 0 bridgehead atoms. The molecule has 1 aromatic carbocycles. The summed E-state index contributed by atoms with van der Waals surface area (Å²) in [6.45, 7) is 4.25. The van der Waals surface area contributed by atoms with E-state index in [1.807, 2.05) is 28.9 Å². The topological polar surface area (TPSA) is 70.4 Å². The van der Waals surface area contributed by atoms with Gasteiger partial charge in [-0.25, -0.2) is 4.79 Å². The van der Waals surface area contributed by atoms with Gasteiger partial charge in [0.25, 0.3) is 0 Å². The smallest absolute Gasteiger partial charge is 0.330 e. The predicted molar refractivity (Wildman–Crippen MR) is 92.7 cm³/mol. The number of hydrogen-bond acceptors (Lipinski definition) is 5. The zero-order chi connectivity index (χ0) is 17.8. The monoisotopic (exact) mass is 340 g/mol. The zero-order valence-corrected chi connectivity index (χ0v) is 14.3. The van der Waals surface area contributed by atoms with E-state index in [1.54, 1.807) is 26.1 Å². The third kappa shape index (κ3) is 3.33. The Morgan fingerprint density at radius 2 is 2.00 bits per heavy atom. The number of esters is 2. The lowest BCUT2D eigenvalue weighted by Crippen LogP contribution is -2.15. The van der Waals surface area contributed by atoms with E-state index in [0.29, 0.717) is 13.2 Å². The van der Waals surface area contributed by atoms with E-state index >= 15 is 0 Å². The number of benzene rings is 1. The number of carbonyl (C=O) groups excluding carboxylic acids is 2. The highest BCUT2D eigenvalue weighted by Gasteiger charge is 2.32. The fraction of sp³-hybridized carbons (Fsp3) is 0.316. The van der Waals surface area contributed by atoms with Crippen molar-refractivity contribution in [3.05, 3.63) is 47.7 Å². The van der Waals surface area contributed by atoms with Gasteiger partial charge < -0.3 is 9.47 Å². The molecule has 0 spiro atoms. The van der Waals surface area contributed by atoms with Crippen LogP contribution in [-0.2, 0) is 19.1 Å². The lowest BCUT2D eigenvalue weighted by atomic mass is 9.96. The largest absolute Gasteiger partial charge is 0.466 e. The van der Waals surface area contributed by atoms with E-state index < -0.39 is 0 Å². The first-order chi connectivity index (χ1) is 12.2. The van der Waals surface area contributed by atoms with Gasteiger partial charge in [-0.1, -0.05) is 18.2 Å². The van der Waals surface area contributed by atoms with Gasteiger partial charge in [0.15, 0.2) is 0 Å². The number of hydrogen-bond donors (Lipinski definition) is 0. The molecule has 0 radical (unpaired) electrons. The fourth-order valence-corrected chi connectivity index (χ4v) is 3.12. The van der Waals surface area contributed by atoms with Gasteiger partial charge in [-0.2, -0.15) is 5.10 Å². The Morgan fingerprint density at radius 3 is 2.76 bits per heavy atom. The zero-order valence-electron chi connectivity index (χ0n) is 14.3. The van der Waals surface area contributed by atoms with Crippen LogP contribution in [0.3, 0.4) is 0 Å². The summed E-state index contributed by atoms with van der Waals surface area (Å²) in [6, 6.07) is 7.53. The SMILES string of the molecule is CCOC(=O)/C=C/c1cccc2c1-c1ccnn1C2CC(=O)OCC. The van der Waals surface area contributed by atoms with Crippen LogP contribution >= 0.6 is 0 Å². The Balaban J connectivity index is 1.97. The molecule has 1 aliphatic rings. The third-order valence-corrected chi connectivity index (χ3v) is 4.06. The van der Waals surface area contributed by atoms with Crippen LogP contribution in [0.5, 0.6) is 0 Å². The molecular weight excluding hydrogens is 320 g/mol. The van der Waals surface area contributed by atoms with Crippen LogP contribution in [0.1, 0.15) is 37.4 Å². The van der Waals surface area contributed by atoms with Crippen molar-refractivity contribution in [1.82, 2.24) is 9.78 Å². The normalized spacial score (nSPS) is 15.0. The lowest BCUT2D eigenvalue weighted by molar-refractivity contribution is -0.143. The average molecular weight is 340 g/mol. The van der Waals surface area contributed by atoms with E-state index in [4.69, 9.17) is 9.47 Å². The first-order valence-corrected chi connectivity index (χ1v) is 8.33.